The second kappa shape index (κ2) is 11.3. The van der Waals surface area contributed by atoms with Crippen LogP contribution < -0.4 is 15.4 Å². The second-order valence-electron chi connectivity index (χ2n) is 8.53. The third kappa shape index (κ3) is 5.37. The molecule has 2 aromatic rings. The number of hydrogen-bond acceptors (Lipinski definition) is 7. The number of nitrogens with zero attached hydrogens (tertiary/aromatic N) is 1. The molecule has 1 heterocycles. The monoisotopic (exact) mass is 501 g/mol. The Balaban J connectivity index is 1.63. The molecule has 7 nitrogen and oxygen atoms in total. The first-order chi connectivity index (χ1) is 17.4. The van der Waals surface area contributed by atoms with Gasteiger partial charge in [-0.1, -0.05) is 42.1 Å². The quantitative estimate of drug-likeness (QED) is 0.485. The Morgan fingerprint density at radius 3 is 2.75 bits per heavy atom. The number of nitriles is 1. The van der Waals surface area contributed by atoms with E-state index in [4.69, 9.17) is 4.74 Å². The van der Waals surface area contributed by atoms with Crippen molar-refractivity contribution in [3.05, 3.63) is 81.5 Å². The number of Topliss-reactive ketones (excluding diaryl/α,β-unsaturated/α-hetero) is 2. The average Bonchev–Trinajstić information content (AvgIpc) is 2.87. The maximum Gasteiger partial charge on any atom is 0.234 e. The number of carbonyl (C=O) groups is 3. The van der Waals surface area contributed by atoms with Crippen molar-refractivity contribution in [1.29, 1.82) is 5.26 Å². The van der Waals surface area contributed by atoms with Gasteiger partial charge >= 0.3 is 0 Å². The number of dihydropyridines is 1. The smallest absolute Gasteiger partial charge is 0.234 e. The first-order valence-corrected chi connectivity index (χ1v) is 12.8. The topological polar surface area (TPSA) is 108 Å². The number of allylic oxidation sites excluding steroid dienone is 3. The lowest BCUT2D eigenvalue weighted by Crippen LogP contribution is -2.32. The lowest BCUT2D eigenvalue weighted by Gasteiger charge is -2.33. The van der Waals surface area contributed by atoms with Gasteiger partial charge < -0.3 is 15.4 Å². The SMILES string of the molecule is CCOc1ccccc1[C@@H]1C(C#N)=C(SCC(=O)Nc2cccc(C(C)=O)c2)NC2=C1C(=O)CCC2. The van der Waals surface area contributed by atoms with Crippen molar-refractivity contribution >= 4 is 34.9 Å². The van der Waals surface area contributed by atoms with Gasteiger partial charge in [-0.3, -0.25) is 14.4 Å². The van der Waals surface area contributed by atoms with Crippen molar-refractivity contribution in [3.63, 3.8) is 0 Å². The first kappa shape index (κ1) is 25.3. The van der Waals surface area contributed by atoms with Gasteiger partial charge in [0.15, 0.2) is 11.6 Å². The van der Waals surface area contributed by atoms with Crippen molar-refractivity contribution in [1.82, 2.24) is 5.32 Å². The highest BCUT2D eigenvalue weighted by Crippen LogP contribution is 2.46. The van der Waals surface area contributed by atoms with Gasteiger partial charge in [0, 0.05) is 34.5 Å². The van der Waals surface area contributed by atoms with Crippen molar-refractivity contribution in [2.75, 3.05) is 17.7 Å². The second-order valence-corrected chi connectivity index (χ2v) is 9.51. The number of benzene rings is 2. The summed E-state index contributed by atoms with van der Waals surface area (Å²) < 4.78 is 5.84. The molecule has 2 aliphatic rings. The van der Waals surface area contributed by atoms with Crippen LogP contribution in [-0.2, 0) is 9.59 Å². The number of amides is 1. The number of nitrogens with one attached hydrogen (secondary N) is 2. The zero-order valence-electron chi connectivity index (χ0n) is 20.2. The highest BCUT2D eigenvalue weighted by atomic mass is 32.2. The molecule has 2 aromatic carbocycles. The lowest BCUT2D eigenvalue weighted by molar-refractivity contribution is -0.116. The van der Waals surface area contributed by atoms with Crippen molar-refractivity contribution in [2.24, 2.45) is 0 Å². The predicted octanol–water partition coefficient (Wildman–Crippen LogP) is 5.09. The van der Waals surface area contributed by atoms with Crippen LogP contribution in [0.25, 0.3) is 0 Å². The Morgan fingerprint density at radius 2 is 2.00 bits per heavy atom. The molecule has 0 aromatic heterocycles. The summed E-state index contributed by atoms with van der Waals surface area (Å²) in [6.45, 7) is 3.82. The Hall–Kier alpha value is -3.83. The van der Waals surface area contributed by atoms with E-state index in [1.165, 1.54) is 18.7 Å². The van der Waals surface area contributed by atoms with Crippen LogP contribution in [0, 0.1) is 11.3 Å². The Labute approximate surface area is 214 Å². The van der Waals surface area contributed by atoms with E-state index in [-0.39, 0.29) is 23.2 Å². The lowest BCUT2D eigenvalue weighted by atomic mass is 9.76. The Kier molecular flexibility index (Phi) is 7.91. The number of hydrogen-bond donors (Lipinski definition) is 2. The van der Waals surface area contributed by atoms with E-state index >= 15 is 0 Å². The van der Waals surface area contributed by atoms with Crippen molar-refractivity contribution in [2.45, 2.75) is 39.0 Å². The fourth-order valence-corrected chi connectivity index (χ4v) is 5.37. The molecule has 0 spiro atoms. The molecular weight excluding hydrogens is 474 g/mol. The van der Waals surface area contributed by atoms with Gasteiger partial charge in [-0.05, 0) is 44.9 Å². The van der Waals surface area contributed by atoms with Gasteiger partial charge in [0.2, 0.25) is 5.91 Å². The van der Waals surface area contributed by atoms with Crippen LogP contribution in [0.2, 0.25) is 0 Å². The summed E-state index contributed by atoms with van der Waals surface area (Å²) in [6, 6.07) is 16.5. The molecule has 8 heteroatoms. The molecule has 0 saturated heterocycles. The zero-order valence-corrected chi connectivity index (χ0v) is 21.0. The summed E-state index contributed by atoms with van der Waals surface area (Å²) in [7, 11) is 0. The molecule has 0 bridgehead atoms. The molecule has 1 amide bonds. The van der Waals surface area contributed by atoms with Gasteiger partial charge in [-0.15, -0.1) is 0 Å². The third-order valence-corrected chi connectivity index (χ3v) is 7.11. The van der Waals surface area contributed by atoms with Crippen LogP contribution in [-0.4, -0.2) is 29.8 Å². The maximum absolute atomic E-state index is 13.0. The van der Waals surface area contributed by atoms with Gasteiger partial charge in [0.05, 0.1) is 34.9 Å². The highest BCUT2D eigenvalue weighted by Gasteiger charge is 2.38. The molecule has 184 valence electrons. The number of ether oxygens (including phenoxy) is 1. The zero-order chi connectivity index (χ0) is 25.7. The molecule has 36 heavy (non-hydrogen) atoms. The molecule has 1 aliphatic carbocycles. The molecule has 0 unspecified atom stereocenters. The average molecular weight is 502 g/mol. The van der Waals surface area contributed by atoms with Crippen molar-refractivity contribution < 1.29 is 19.1 Å². The third-order valence-electron chi connectivity index (χ3n) is 6.09. The minimum absolute atomic E-state index is 0.0277. The number of rotatable bonds is 8. The van der Waals surface area contributed by atoms with E-state index in [1.54, 1.807) is 24.3 Å². The molecule has 0 saturated carbocycles. The number of ketones is 2. The van der Waals surface area contributed by atoms with Gasteiger partial charge in [-0.2, -0.15) is 5.26 Å². The molecule has 1 atom stereocenters. The molecular formula is C28H27N3O4S. The van der Waals surface area contributed by atoms with E-state index in [0.29, 0.717) is 52.6 Å². The fraction of sp³-hybridized carbons (Fsp3) is 0.286. The Bertz CT molecular complexity index is 1320. The first-order valence-electron chi connectivity index (χ1n) is 11.9. The van der Waals surface area contributed by atoms with Crippen LogP contribution in [0.4, 0.5) is 5.69 Å². The van der Waals surface area contributed by atoms with Crippen LogP contribution >= 0.6 is 11.8 Å². The molecule has 4 rings (SSSR count). The molecule has 0 fully saturated rings. The number of carbonyl (C=O) groups excluding carboxylic acids is 3. The highest BCUT2D eigenvalue weighted by molar-refractivity contribution is 8.03. The van der Waals surface area contributed by atoms with Gasteiger partial charge in [0.25, 0.3) is 0 Å². The summed E-state index contributed by atoms with van der Waals surface area (Å²) in [5, 5.41) is 16.9. The fourth-order valence-electron chi connectivity index (χ4n) is 4.51. The van der Waals surface area contributed by atoms with E-state index in [2.05, 4.69) is 16.7 Å². The number of thioether (sulfide) groups is 1. The molecule has 2 N–H and O–H groups in total. The van der Waals surface area contributed by atoms with Gasteiger partial charge in [0.1, 0.15) is 5.75 Å². The summed E-state index contributed by atoms with van der Waals surface area (Å²) in [6.07, 6.45) is 1.87. The summed E-state index contributed by atoms with van der Waals surface area (Å²) >= 11 is 1.22. The molecule has 0 radical (unpaired) electrons. The van der Waals surface area contributed by atoms with Crippen LogP contribution in [0.3, 0.4) is 0 Å². The molecule has 1 aliphatic heterocycles. The Morgan fingerprint density at radius 1 is 1.19 bits per heavy atom. The van der Waals surface area contributed by atoms with Crippen LogP contribution in [0.1, 0.15) is 54.9 Å². The van der Waals surface area contributed by atoms with E-state index in [9.17, 15) is 19.6 Å². The van der Waals surface area contributed by atoms with Gasteiger partial charge in [-0.25, -0.2) is 0 Å². The largest absolute Gasteiger partial charge is 0.494 e. The maximum atomic E-state index is 13.0. The normalized spacial score (nSPS) is 17.1. The van der Waals surface area contributed by atoms with Crippen LogP contribution in [0.5, 0.6) is 5.75 Å². The predicted molar refractivity (Wildman–Crippen MR) is 140 cm³/mol. The van der Waals surface area contributed by atoms with Crippen LogP contribution in [0.15, 0.2) is 70.4 Å². The number of anilines is 1. The number of para-hydroxylation sites is 1. The van der Waals surface area contributed by atoms with Crippen molar-refractivity contribution in [3.8, 4) is 11.8 Å². The standard InChI is InChI=1S/C28H27N3O4S/c1-3-35-24-13-5-4-10-20(24)26-21(15-29)28(31-22-11-7-12-23(33)27(22)26)36-16-25(34)30-19-9-6-8-18(14-19)17(2)32/h4-6,8-10,13-14,26,31H,3,7,11-12,16H2,1-2H3,(H,30,34)/t26-/m1/s1. The van der Waals surface area contributed by atoms with E-state index < -0.39 is 5.92 Å². The van der Waals surface area contributed by atoms with E-state index in [0.717, 1.165) is 17.7 Å². The summed E-state index contributed by atoms with van der Waals surface area (Å²) in [4.78, 5) is 37.4. The summed E-state index contributed by atoms with van der Waals surface area (Å²) in [5.41, 5.74) is 3.63. The minimum atomic E-state index is -0.556. The van der Waals surface area contributed by atoms with E-state index in [1.807, 2.05) is 31.2 Å². The minimum Gasteiger partial charge on any atom is -0.494 e. The summed E-state index contributed by atoms with van der Waals surface area (Å²) in [5.74, 6) is -0.191.